The fraction of sp³-hybridized carbons (Fsp3) is 0.231. The summed E-state index contributed by atoms with van der Waals surface area (Å²) in [5.41, 5.74) is 4.87. The van der Waals surface area contributed by atoms with E-state index in [0.717, 1.165) is 26.2 Å². The molecule has 0 saturated heterocycles. The predicted molar refractivity (Wildman–Crippen MR) is 76.9 cm³/mol. The lowest BCUT2D eigenvalue weighted by atomic mass is 10.0. The minimum atomic E-state index is -0.202. The molecule has 3 N–H and O–H groups in total. The van der Waals surface area contributed by atoms with E-state index < -0.39 is 0 Å². The van der Waals surface area contributed by atoms with Crippen molar-refractivity contribution < 1.29 is 4.39 Å². The van der Waals surface area contributed by atoms with Gasteiger partial charge in [0.25, 0.3) is 0 Å². The van der Waals surface area contributed by atoms with E-state index in [2.05, 4.69) is 21.4 Å². The Morgan fingerprint density at radius 3 is 2.72 bits per heavy atom. The fourth-order valence-corrected chi connectivity index (χ4v) is 3.35. The molecule has 0 amide bonds. The summed E-state index contributed by atoms with van der Waals surface area (Å²) in [4.78, 5) is 1.16. The number of hydrogen-bond acceptors (Lipinski definition) is 3. The lowest BCUT2D eigenvalue weighted by molar-refractivity contribution is 0.558. The number of benzene rings is 1. The number of nitrogens with one attached hydrogen (secondary N) is 1. The molecule has 96 valence electrons. The number of rotatable bonds is 4. The average Bonchev–Trinajstić information content (AvgIpc) is 2.75. The summed E-state index contributed by atoms with van der Waals surface area (Å²) >= 11 is 5.09. The van der Waals surface area contributed by atoms with Crippen molar-refractivity contribution in [3.05, 3.63) is 55.9 Å². The van der Waals surface area contributed by atoms with Crippen LogP contribution in [-0.4, -0.2) is 0 Å². The summed E-state index contributed by atoms with van der Waals surface area (Å²) in [5.74, 6) is 5.41. The largest absolute Gasteiger partial charge is 0.271 e. The van der Waals surface area contributed by atoms with Crippen molar-refractivity contribution >= 4 is 27.3 Å². The van der Waals surface area contributed by atoms with Gasteiger partial charge in [-0.25, -0.2) is 4.39 Å². The molecule has 0 aliphatic carbocycles. The molecule has 2 rings (SSSR count). The standard InChI is InChI=1S/C13H14BrFN2S/c1-8-6-10(15)3-2-9(8)7-11(17-16)12-4-5-13(14)18-12/h2-6,11,17H,7,16H2,1H3. The van der Waals surface area contributed by atoms with Crippen molar-refractivity contribution in [2.24, 2.45) is 5.84 Å². The molecule has 1 heterocycles. The highest BCUT2D eigenvalue weighted by atomic mass is 79.9. The van der Waals surface area contributed by atoms with Crippen molar-refractivity contribution in [1.82, 2.24) is 5.43 Å². The molecule has 2 aromatic rings. The van der Waals surface area contributed by atoms with Crippen LogP contribution in [0.4, 0.5) is 4.39 Å². The van der Waals surface area contributed by atoms with Gasteiger partial charge >= 0.3 is 0 Å². The van der Waals surface area contributed by atoms with Crippen molar-refractivity contribution in [1.29, 1.82) is 0 Å². The SMILES string of the molecule is Cc1cc(F)ccc1CC(NN)c1ccc(Br)s1. The van der Waals surface area contributed by atoms with Crippen LogP contribution in [0.2, 0.25) is 0 Å². The molecule has 0 fully saturated rings. The van der Waals surface area contributed by atoms with Gasteiger partial charge in [-0.15, -0.1) is 11.3 Å². The number of nitrogens with two attached hydrogens (primary N) is 1. The predicted octanol–water partition coefficient (Wildman–Crippen LogP) is 3.71. The molecular weight excluding hydrogens is 315 g/mol. The molecule has 0 aliphatic heterocycles. The van der Waals surface area contributed by atoms with Gasteiger partial charge < -0.3 is 0 Å². The molecule has 0 saturated carbocycles. The number of halogens is 2. The third-order valence-corrected chi connectivity index (χ3v) is 4.60. The topological polar surface area (TPSA) is 38.0 Å². The van der Waals surface area contributed by atoms with Gasteiger partial charge in [-0.3, -0.25) is 11.3 Å². The van der Waals surface area contributed by atoms with Crippen LogP contribution in [0.15, 0.2) is 34.1 Å². The van der Waals surface area contributed by atoms with Crippen LogP contribution in [-0.2, 0) is 6.42 Å². The molecule has 1 aromatic carbocycles. The first-order chi connectivity index (χ1) is 8.60. The van der Waals surface area contributed by atoms with Gasteiger partial charge in [0, 0.05) is 4.88 Å². The zero-order chi connectivity index (χ0) is 13.1. The molecular formula is C13H14BrFN2S. The molecule has 0 radical (unpaired) electrons. The first kappa shape index (κ1) is 13.7. The van der Waals surface area contributed by atoms with Crippen molar-refractivity contribution in [2.45, 2.75) is 19.4 Å². The Labute approximate surface area is 118 Å². The molecule has 1 atom stereocenters. The zero-order valence-electron chi connectivity index (χ0n) is 9.91. The highest BCUT2D eigenvalue weighted by Crippen LogP contribution is 2.29. The van der Waals surface area contributed by atoms with Crippen LogP contribution in [0, 0.1) is 12.7 Å². The van der Waals surface area contributed by atoms with Gasteiger partial charge in [0.2, 0.25) is 0 Å². The van der Waals surface area contributed by atoms with Crippen LogP contribution in [0.25, 0.3) is 0 Å². The maximum absolute atomic E-state index is 13.0. The van der Waals surface area contributed by atoms with E-state index in [4.69, 9.17) is 5.84 Å². The lowest BCUT2D eigenvalue weighted by Crippen LogP contribution is -2.29. The Bertz CT molecular complexity index is 542. The summed E-state index contributed by atoms with van der Waals surface area (Å²) < 4.78 is 14.1. The van der Waals surface area contributed by atoms with Crippen LogP contribution in [0.5, 0.6) is 0 Å². The third-order valence-electron chi connectivity index (χ3n) is 2.87. The van der Waals surface area contributed by atoms with E-state index in [1.165, 1.54) is 6.07 Å². The highest BCUT2D eigenvalue weighted by Gasteiger charge is 2.14. The van der Waals surface area contributed by atoms with E-state index in [1.807, 2.05) is 25.1 Å². The van der Waals surface area contributed by atoms with E-state index in [0.29, 0.717) is 0 Å². The second kappa shape index (κ2) is 5.93. The van der Waals surface area contributed by atoms with Gasteiger partial charge in [0.05, 0.1) is 9.83 Å². The lowest BCUT2D eigenvalue weighted by Gasteiger charge is -2.15. The monoisotopic (exact) mass is 328 g/mol. The van der Waals surface area contributed by atoms with E-state index in [1.54, 1.807) is 17.4 Å². The Morgan fingerprint density at radius 1 is 1.39 bits per heavy atom. The maximum atomic E-state index is 13.0. The molecule has 0 bridgehead atoms. The van der Waals surface area contributed by atoms with E-state index in [-0.39, 0.29) is 11.9 Å². The van der Waals surface area contributed by atoms with Gasteiger partial charge in [-0.1, -0.05) is 6.07 Å². The minimum Gasteiger partial charge on any atom is -0.271 e. The number of hydrogen-bond donors (Lipinski definition) is 2. The number of thiophene rings is 1. The van der Waals surface area contributed by atoms with E-state index in [9.17, 15) is 4.39 Å². The third kappa shape index (κ3) is 3.17. The van der Waals surface area contributed by atoms with Gasteiger partial charge in [-0.05, 0) is 64.7 Å². The zero-order valence-corrected chi connectivity index (χ0v) is 12.3. The van der Waals surface area contributed by atoms with Gasteiger partial charge in [0.1, 0.15) is 5.82 Å². The quantitative estimate of drug-likeness (QED) is 0.663. The average molecular weight is 329 g/mol. The molecule has 0 aliphatic rings. The Hall–Kier alpha value is -0.750. The Balaban J connectivity index is 2.20. The van der Waals surface area contributed by atoms with Crippen LogP contribution < -0.4 is 11.3 Å². The molecule has 0 spiro atoms. The van der Waals surface area contributed by atoms with Crippen LogP contribution in [0.1, 0.15) is 22.0 Å². The smallest absolute Gasteiger partial charge is 0.123 e. The van der Waals surface area contributed by atoms with Crippen LogP contribution in [0.3, 0.4) is 0 Å². The summed E-state index contributed by atoms with van der Waals surface area (Å²) in [6.45, 7) is 1.91. The van der Waals surface area contributed by atoms with Gasteiger partial charge in [-0.2, -0.15) is 0 Å². The molecule has 1 aromatic heterocycles. The molecule has 18 heavy (non-hydrogen) atoms. The summed E-state index contributed by atoms with van der Waals surface area (Å²) in [6.07, 6.45) is 0.746. The maximum Gasteiger partial charge on any atom is 0.123 e. The van der Waals surface area contributed by atoms with Crippen molar-refractivity contribution in [3.63, 3.8) is 0 Å². The summed E-state index contributed by atoms with van der Waals surface area (Å²) in [7, 11) is 0. The first-order valence-corrected chi connectivity index (χ1v) is 7.17. The fourth-order valence-electron chi connectivity index (χ4n) is 1.87. The van der Waals surface area contributed by atoms with Gasteiger partial charge in [0.15, 0.2) is 0 Å². The van der Waals surface area contributed by atoms with Crippen molar-refractivity contribution in [3.8, 4) is 0 Å². The second-order valence-electron chi connectivity index (χ2n) is 4.14. The van der Waals surface area contributed by atoms with E-state index >= 15 is 0 Å². The Morgan fingerprint density at radius 2 is 2.17 bits per heavy atom. The van der Waals surface area contributed by atoms with Crippen molar-refractivity contribution in [2.75, 3.05) is 0 Å². The van der Waals surface area contributed by atoms with Crippen LogP contribution >= 0.6 is 27.3 Å². The molecule has 5 heteroatoms. The summed E-state index contributed by atoms with van der Waals surface area (Å²) in [6, 6.07) is 8.94. The minimum absolute atomic E-state index is 0.0467. The highest BCUT2D eigenvalue weighted by molar-refractivity contribution is 9.11. The number of aryl methyl sites for hydroxylation is 1. The molecule has 2 nitrogen and oxygen atoms in total. The molecule has 1 unspecified atom stereocenters. The Kier molecular flexibility index (Phi) is 4.50. The number of hydrazine groups is 1. The first-order valence-electron chi connectivity index (χ1n) is 5.56. The summed E-state index contributed by atoms with van der Waals surface area (Å²) in [5, 5.41) is 0. The normalized spacial score (nSPS) is 12.7. The second-order valence-corrected chi connectivity index (χ2v) is 6.63.